The standard InChI is InChI=1S/C30H28O5/c31-30(32)29(35-28-9-5-2-6-10-28)21-24-13-17-26(18-14-24)33-20-19-23-11-15-27(16-12-23)34-22-25-7-3-1-4-8-25/h1-18,29H,19-22H2,(H,31,32)/t29-/m1/s1. The zero-order valence-electron chi connectivity index (χ0n) is 19.4. The largest absolute Gasteiger partial charge is 0.493 e. The first kappa shape index (κ1) is 23.9. The van der Waals surface area contributed by atoms with Gasteiger partial charge in [0.05, 0.1) is 6.61 Å². The van der Waals surface area contributed by atoms with Crippen LogP contribution in [0.5, 0.6) is 17.2 Å². The molecule has 0 fully saturated rings. The lowest BCUT2D eigenvalue weighted by molar-refractivity contribution is -0.145. The molecule has 0 amide bonds. The van der Waals surface area contributed by atoms with Crippen molar-refractivity contribution in [3.8, 4) is 17.2 Å². The van der Waals surface area contributed by atoms with Gasteiger partial charge in [-0.05, 0) is 53.1 Å². The van der Waals surface area contributed by atoms with E-state index in [1.54, 1.807) is 12.1 Å². The fourth-order valence-corrected chi connectivity index (χ4v) is 3.56. The van der Waals surface area contributed by atoms with Crippen LogP contribution in [0.2, 0.25) is 0 Å². The fraction of sp³-hybridized carbons (Fsp3) is 0.167. The summed E-state index contributed by atoms with van der Waals surface area (Å²) in [7, 11) is 0. The predicted molar refractivity (Wildman–Crippen MR) is 135 cm³/mol. The smallest absolute Gasteiger partial charge is 0.345 e. The van der Waals surface area contributed by atoms with Gasteiger partial charge in [-0.1, -0.05) is 72.8 Å². The third-order valence-electron chi connectivity index (χ3n) is 5.47. The molecule has 0 aliphatic rings. The van der Waals surface area contributed by atoms with E-state index < -0.39 is 12.1 Å². The molecule has 0 unspecified atom stereocenters. The van der Waals surface area contributed by atoms with Gasteiger partial charge in [0.25, 0.3) is 0 Å². The van der Waals surface area contributed by atoms with Gasteiger partial charge >= 0.3 is 5.97 Å². The van der Waals surface area contributed by atoms with Crippen LogP contribution in [0.25, 0.3) is 0 Å². The predicted octanol–water partition coefficient (Wildman–Crippen LogP) is 5.96. The van der Waals surface area contributed by atoms with E-state index in [4.69, 9.17) is 14.2 Å². The molecule has 5 heteroatoms. The van der Waals surface area contributed by atoms with Crippen molar-refractivity contribution in [3.63, 3.8) is 0 Å². The summed E-state index contributed by atoms with van der Waals surface area (Å²) in [5, 5.41) is 9.52. The van der Waals surface area contributed by atoms with Crippen molar-refractivity contribution < 1.29 is 24.1 Å². The molecule has 178 valence electrons. The van der Waals surface area contributed by atoms with E-state index in [0.29, 0.717) is 19.0 Å². The maximum absolute atomic E-state index is 11.6. The molecule has 0 heterocycles. The molecule has 0 aliphatic heterocycles. The summed E-state index contributed by atoms with van der Waals surface area (Å²) in [5.41, 5.74) is 3.17. The molecule has 0 aliphatic carbocycles. The third kappa shape index (κ3) is 7.64. The number of rotatable bonds is 12. The van der Waals surface area contributed by atoms with E-state index in [1.807, 2.05) is 97.1 Å². The molecular weight excluding hydrogens is 440 g/mol. The number of para-hydroxylation sites is 1. The molecule has 0 saturated heterocycles. The molecular formula is C30H28O5. The molecule has 0 bridgehead atoms. The fourth-order valence-electron chi connectivity index (χ4n) is 3.56. The Kier molecular flexibility index (Phi) is 8.38. The zero-order chi connectivity index (χ0) is 24.3. The highest BCUT2D eigenvalue weighted by Gasteiger charge is 2.20. The monoisotopic (exact) mass is 468 g/mol. The lowest BCUT2D eigenvalue weighted by Gasteiger charge is -2.15. The molecule has 4 aromatic carbocycles. The highest BCUT2D eigenvalue weighted by molar-refractivity contribution is 5.73. The minimum Gasteiger partial charge on any atom is -0.493 e. The van der Waals surface area contributed by atoms with Crippen molar-refractivity contribution in [2.45, 2.75) is 25.6 Å². The Hall–Kier alpha value is -4.25. The highest BCUT2D eigenvalue weighted by atomic mass is 16.5. The average Bonchev–Trinajstić information content (AvgIpc) is 2.90. The Bertz CT molecular complexity index is 1170. The third-order valence-corrected chi connectivity index (χ3v) is 5.47. The Morgan fingerprint density at radius 3 is 1.83 bits per heavy atom. The Morgan fingerprint density at radius 1 is 0.629 bits per heavy atom. The highest BCUT2D eigenvalue weighted by Crippen LogP contribution is 2.18. The molecule has 1 atom stereocenters. The summed E-state index contributed by atoms with van der Waals surface area (Å²) >= 11 is 0. The van der Waals surface area contributed by atoms with Gasteiger partial charge in [0.2, 0.25) is 0 Å². The topological polar surface area (TPSA) is 65.0 Å². The molecule has 4 aromatic rings. The van der Waals surface area contributed by atoms with Crippen LogP contribution >= 0.6 is 0 Å². The second kappa shape index (κ2) is 12.3. The van der Waals surface area contributed by atoms with Crippen LogP contribution in [0.4, 0.5) is 0 Å². The average molecular weight is 469 g/mol. The van der Waals surface area contributed by atoms with Gasteiger partial charge in [-0.2, -0.15) is 0 Å². The first-order valence-corrected chi connectivity index (χ1v) is 11.6. The van der Waals surface area contributed by atoms with Gasteiger partial charge in [0.15, 0.2) is 6.10 Å². The molecule has 0 aromatic heterocycles. The van der Waals surface area contributed by atoms with Crippen LogP contribution < -0.4 is 14.2 Å². The number of carboxylic acids is 1. The van der Waals surface area contributed by atoms with E-state index in [-0.39, 0.29) is 6.42 Å². The quantitative estimate of drug-likeness (QED) is 0.278. The number of aliphatic carboxylic acids is 1. The summed E-state index contributed by atoms with van der Waals surface area (Å²) in [5.74, 6) is 1.12. The maximum atomic E-state index is 11.6. The minimum absolute atomic E-state index is 0.267. The second-order valence-electron chi connectivity index (χ2n) is 8.12. The van der Waals surface area contributed by atoms with Crippen molar-refractivity contribution in [1.82, 2.24) is 0 Å². The van der Waals surface area contributed by atoms with Gasteiger partial charge in [-0.25, -0.2) is 4.79 Å². The Labute approximate surface area is 205 Å². The lowest BCUT2D eigenvalue weighted by Crippen LogP contribution is -2.29. The first-order chi connectivity index (χ1) is 17.2. The number of benzene rings is 4. The number of hydrogen-bond donors (Lipinski definition) is 1. The maximum Gasteiger partial charge on any atom is 0.345 e. The van der Waals surface area contributed by atoms with Crippen LogP contribution in [-0.2, 0) is 24.2 Å². The van der Waals surface area contributed by atoms with Gasteiger partial charge in [-0.15, -0.1) is 0 Å². The van der Waals surface area contributed by atoms with Gasteiger partial charge in [-0.3, -0.25) is 0 Å². The second-order valence-corrected chi connectivity index (χ2v) is 8.12. The lowest BCUT2D eigenvalue weighted by atomic mass is 10.1. The number of carboxylic acid groups (broad SMARTS) is 1. The normalized spacial score (nSPS) is 11.4. The van der Waals surface area contributed by atoms with Gasteiger partial charge in [0, 0.05) is 12.8 Å². The van der Waals surface area contributed by atoms with Crippen molar-refractivity contribution in [2.24, 2.45) is 0 Å². The van der Waals surface area contributed by atoms with Crippen molar-refractivity contribution in [3.05, 3.63) is 126 Å². The zero-order valence-corrected chi connectivity index (χ0v) is 19.4. The van der Waals surface area contributed by atoms with Crippen LogP contribution in [0, 0.1) is 0 Å². The SMILES string of the molecule is O=C(O)[C@@H](Cc1ccc(OCCc2ccc(OCc3ccccc3)cc2)cc1)Oc1ccccc1. The summed E-state index contributed by atoms with van der Waals surface area (Å²) in [6.07, 6.45) is 0.0828. The van der Waals surface area contributed by atoms with Crippen molar-refractivity contribution in [1.29, 1.82) is 0 Å². The summed E-state index contributed by atoms with van der Waals surface area (Å²) in [4.78, 5) is 11.6. The van der Waals surface area contributed by atoms with E-state index in [1.165, 1.54) is 0 Å². The van der Waals surface area contributed by atoms with E-state index in [2.05, 4.69) is 0 Å². The van der Waals surface area contributed by atoms with Crippen LogP contribution in [0.1, 0.15) is 16.7 Å². The number of ether oxygens (including phenoxy) is 3. The molecule has 4 rings (SSSR count). The van der Waals surface area contributed by atoms with Crippen LogP contribution in [-0.4, -0.2) is 23.8 Å². The summed E-state index contributed by atoms with van der Waals surface area (Å²) < 4.78 is 17.3. The molecule has 1 N–H and O–H groups in total. The minimum atomic E-state index is -0.995. The van der Waals surface area contributed by atoms with E-state index in [9.17, 15) is 9.90 Å². The van der Waals surface area contributed by atoms with Crippen molar-refractivity contribution in [2.75, 3.05) is 6.61 Å². The molecule has 0 saturated carbocycles. The molecule has 0 radical (unpaired) electrons. The number of carbonyl (C=O) groups is 1. The summed E-state index contributed by atoms with van der Waals surface area (Å²) in [6.45, 7) is 1.09. The molecule has 5 nitrogen and oxygen atoms in total. The van der Waals surface area contributed by atoms with Crippen LogP contribution in [0.3, 0.4) is 0 Å². The van der Waals surface area contributed by atoms with E-state index in [0.717, 1.165) is 34.6 Å². The Morgan fingerprint density at radius 2 is 1.20 bits per heavy atom. The summed E-state index contributed by atoms with van der Waals surface area (Å²) in [6, 6.07) is 34.6. The van der Waals surface area contributed by atoms with Crippen molar-refractivity contribution >= 4 is 5.97 Å². The first-order valence-electron chi connectivity index (χ1n) is 11.6. The van der Waals surface area contributed by atoms with Gasteiger partial charge < -0.3 is 19.3 Å². The molecule has 0 spiro atoms. The van der Waals surface area contributed by atoms with E-state index >= 15 is 0 Å². The van der Waals surface area contributed by atoms with Gasteiger partial charge in [0.1, 0.15) is 23.9 Å². The Balaban J connectivity index is 1.22. The number of hydrogen-bond acceptors (Lipinski definition) is 4. The molecule has 35 heavy (non-hydrogen) atoms. The van der Waals surface area contributed by atoms with Crippen LogP contribution in [0.15, 0.2) is 109 Å².